The highest BCUT2D eigenvalue weighted by Crippen LogP contribution is 2.15. The Morgan fingerprint density at radius 2 is 2.40 bits per heavy atom. The molecule has 1 saturated heterocycles. The van der Waals surface area contributed by atoms with Crippen LogP contribution in [0.3, 0.4) is 0 Å². The number of hydrogen-bond acceptors (Lipinski definition) is 3. The average molecular weight is 145 g/mol. The Kier molecular flexibility index (Phi) is 2.65. The molecule has 0 bridgehead atoms. The molecule has 0 aromatic rings. The molecular weight excluding hydrogens is 130 g/mol. The largest absolute Gasteiger partial charge is 0.391 e. The molecule has 1 rings (SSSR count). The monoisotopic (exact) mass is 145 g/mol. The fourth-order valence-corrected chi connectivity index (χ4v) is 1.40. The van der Waals surface area contributed by atoms with Crippen molar-refractivity contribution in [1.82, 2.24) is 4.90 Å². The first kappa shape index (κ1) is 7.98. The van der Waals surface area contributed by atoms with Crippen LogP contribution in [0.2, 0.25) is 0 Å². The number of methoxy groups -OCH3 is 1. The van der Waals surface area contributed by atoms with Crippen LogP contribution in [0.4, 0.5) is 0 Å². The van der Waals surface area contributed by atoms with Gasteiger partial charge >= 0.3 is 0 Å². The number of nitrogens with zero attached hydrogens (tertiary/aromatic N) is 1. The van der Waals surface area contributed by atoms with Gasteiger partial charge < -0.3 is 9.84 Å². The Bertz CT molecular complexity index is 97.8. The van der Waals surface area contributed by atoms with E-state index >= 15 is 0 Å². The lowest BCUT2D eigenvalue weighted by Crippen LogP contribution is -2.36. The molecule has 3 nitrogen and oxygen atoms in total. The summed E-state index contributed by atoms with van der Waals surface area (Å²) in [5, 5.41) is 9.37. The van der Waals surface area contributed by atoms with Crippen LogP contribution in [0.5, 0.6) is 0 Å². The quantitative estimate of drug-likeness (QED) is 0.579. The zero-order valence-corrected chi connectivity index (χ0v) is 6.58. The van der Waals surface area contributed by atoms with E-state index in [4.69, 9.17) is 4.74 Å². The normalized spacial score (nSPS) is 35.1. The second kappa shape index (κ2) is 3.32. The molecule has 0 aromatic carbocycles. The summed E-state index contributed by atoms with van der Waals surface area (Å²) >= 11 is 0. The second-order valence-corrected chi connectivity index (χ2v) is 2.86. The zero-order valence-electron chi connectivity index (χ0n) is 6.58. The topological polar surface area (TPSA) is 32.7 Å². The van der Waals surface area contributed by atoms with Crippen LogP contribution in [0.15, 0.2) is 0 Å². The first-order chi connectivity index (χ1) is 4.75. The lowest BCUT2D eigenvalue weighted by atomic mass is 10.2. The van der Waals surface area contributed by atoms with E-state index in [1.807, 2.05) is 7.05 Å². The lowest BCUT2D eigenvalue weighted by molar-refractivity contribution is 0.0602. The Morgan fingerprint density at radius 1 is 1.70 bits per heavy atom. The minimum absolute atomic E-state index is 0.190. The van der Waals surface area contributed by atoms with E-state index in [-0.39, 0.29) is 12.1 Å². The fraction of sp³-hybridized carbons (Fsp3) is 1.00. The molecule has 1 aliphatic heterocycles. The number of rotatable bonds is 2. The minimum atomic E-state index is -0.190. The highest BCUT2D eigenvalue weighted by molar-refractivity contribution is 4.84. The first-order valence-electron chi connectivity index (χ1n) is 3.63. The zero-order chi connectivity index (χ0) is 7.56. The molecule has 1 N–H and O–H groups in total. The van der Waals surface area contributed by atoms with Crippen molar-refractivity contribution in [2.45, 2.75) is 18.6 Å². The van der Waals surface area contributed by atoms with Crippen molar-refractivity contribution in [3.05, 3.63) is 0 Å². The molecule has 0 spiro atoms. The molecule has 1 unspecified atom stereocenters. The third-order valence-electron chi connectivity index (χ3n) is 2.13. The molecule has 0 radical (unpaired) electrons. The number of hydrogen-bond donors (Lipinski definition) is 1. The third kappa shape index (κ3) is 1.48. The van der Waals surface area contributed by atoms with E-state index < -0.39 is 0 Å². The van der Waals surface area contributed by atoms with Crippen LogP contribution >= 0.6 is 0 Å². The molecule has 1 heterocycles. The molecule has 0 saturated carbocycles. The summed E-state index contributed by atoms with van der Waals surface area (Å²) in [7, 11) is 3.68. The number of likely N-dealkylation sites (N-methyl/N-ethyl adjacent to an activating group) is 1. The van der Waals surface area contributed by atoms with E-state index in [0.29, 0.717) is 6.61 Å². The van der Waals surface area contributed by atoms with Gasteiger partial charge in [-0.15, -0.1) is 0 Å². The maximum absolute atomic E-state index is 9.37. The SMILES string of the molecule is COC[C@@H]1C(O)CCN1C. The van der Waals surface area contributed by atoms with Crippen molar-refractivity contribution in [3.8, 4) is 0 Å². The summed E-state index contributed by atoms with van der Waals surface area (Å²) < 4.78 is 4.96. The van der Waals surface area contributed by atoms with Gasteiger partial charge in [0, 0.05) is 13.7 Å². The Labute approximate surface area is 61.6 Å². The lowest BCUT2D eigenvalue weighted by Gasteiger charge is -2.20. The Hall–Kier alpha value is -0.120. The Morgan fingerprint density at radius 3 is 2.80 bits per heavy atom. The van der Waals surface area contributed by atoms with E-state index in [1.165, 1.54) is 0 Å². The summed E-state index contributed by atoms with van der Waals surface area (Å²) in [6.07, 6.45) is 0.690. The maximum atomic E-state index is 9.37. The van der Waals surface area contributed by atoms with Crippen molar-refractivity contribution in [2.75, 3.05) is 27.3 Å². The molecule has 0 amide bonds. The summed E-state index contributed by atoms with van der Waals surface area (Å²) in [4.78, 5) is 2.13. The third-order valence-corrected chi connectivity index (χ3v) is 2.13. The molecule has 0 aromatic heterocycles. The molecule has 3 heteroatoms. The number of likely N-dealkylation sites (tertiary alicyclic amines) is 1. The highest BCUT2D eigenvalue weighted by Gasteiger charge is 2.29. The van der Waals surface area contributed by atoms with Crippen molar-refractivity contribution >= 4 is 0 Å². The van der Waals surface area contributed by atoms with Gasteiger partial charge in [-0.05, 0) is 13.5 Å². The van der Waals surface area contributed by atoms with Gasteiger partial charge in [0.2, 0.25) is 0 Å². The van der Waals surface area contributed by atoms with Crippen LogP contribution in [-0.2, 0) is 4.74 Å². The Balaban J connectivity index is 2.38. The standard InChI is InChI=1S/C7H15NO2/c1-8-4-3-7(9)6(8)5-10-2/h6-7,9H,3-5H2,1-2H3/t6-,7?/m1/s1. The minimum Gasteiger partial charge on any atom is -0.391 e. The van der Waals surface area contributed by atoms with Crippen LogP contribution in [-0.4, -0.2) is 49.5 Å². The smallest absolute Gasteiger partial charge is 0.0729 e. The van der Waals surface area contributed by atoms with Crippen LogP contribution in [0.1, 0.15) is 6.42 Å². The predicted octanol–water partition coefficient (Wildman–Crippen LogP) is -0.302. The summed E-state index contributed by atoms with van der Waals surface area (Å²) in [5.74, 6) is 0. The van der Waals surface area contributed by atoms with Crippen molar-refractivity contribution in [1.29, 1.82) is 0 Å². The molecule has 0 aliphatic carbocycles. The molecule has 1 fully saturated rings. The predicted molar refractivity (Wildman–Crippen MR) is 38.9 cm³/mol. The van der Waals surface area contributed by atoms with Crippen LogP contribution < -0.4 is 0 Å². The van der Waals surface area contributed by atoms with Gasteiger partial charge in [-0.2, -0.15) is 0 Å². The van der Waals surface area contributed by atoms with E-state index in [2.05, 4.69) is 4.90 Å². The van der Waals surface area contributed by atoms with Crippen LogP contribution in [0.25, 0.3) is 0 Å². The first-order valence-corrected chi connectivity index (χ1v) is 3.63. The van der Waals surface area contributed by atoms with Gasteiger partial charge in [0.15, 0.2) is 0 Å². The average Bonchev–Trinajstić information content (AvgIpc) is 2.20. The number of ether oxygens (including phenoxy) is 1. The molecule has 60 valence electrons. The maximum Gasteiger partial charge on any atom is 0.0729 e. The van der Waals surface area contributed by atoms with Crippen molar-refractivity contribution in [3.63, 3.8) is 0 Å². The van der Waals surface area contributed by atoms with Gasteiger partial charge in [0.05, 0.1) is 18.8 Å². The molecule has 2 atom stereocenters. The molecular formula is C7H15NO2. The fourth-order valence-electron chi connectivity index (χ4n) is 1.40. The summed E-state index contributed by atoms with van der Waals surface area (Å²) in [5.41, 5.74) is 0. The van der Waals surface area contributed by atoms with E-state index in [0.717, 1.165) is 13.0 Å². The van der Waals surface area contributed by atoms with Crippen molar-refractivity contribution in [2.24, 2.45) is 0 Å². The van der Waals surface area contributed by atoms with Gasteiger partial charge in [-0.25, -0.2) is 0 Å². The molecule has 10 heavy (non-hydrogen) atoms. The van der Waals surface area contributed by atoms with E-state index in [1.54, 1.807) is 7.11 Å². The van der Waals surface area contributed by atoms with E-state index in [9.17, 15) is 5.11 Å². The molecule has 1 aliphatic rings. The van der Waals surface area contributed by atoms with Gasteiger partial charge in [-0.3, -0.25) is 4.90 Å². The van der Waals surface area contributed by atoms with Crippen LogP contribution in [0, 0.1) is 0 Å². The second-order valence-electron chi connectivity index (χ2n) is 2.86. The highest BCUT2D eigenvalue weighted by atomic mass is 16.5. The number of aliphatic hydroxyl groups excluding tert-OH is 1. The van der Waals surface area contributed by atoms with Crippen molar-refractivity contribution < 1.29 is 9.84 Å². The van der Waals surface area contributed by atoms with Gasteiger partial charge in [0.25, 0.3) is 0 Å². The number of aliphatic hydroxyl groups is 1. The van der Waals surface area contributed by atoms with Gasteiger partial charge in [-0.1, -0.05) is 0 Å². The van der Waals surface area contributed by atoms with Gasteiger partial charge in [0.1, 0.15) is 0 Å². The summed E-state index contributed by atoms with van der Waals surface area (Å²) in [6.45, 7) is 1.62. The summed E-state index contributed by atoms with van der Waals surface area (Å²) in [6, 6.07) is 0.213.